The van der Waals surface area contributed by atoms with Gasteiger partial charge >= 0.3 is 0 Å². The highest BCUT2D eigenvalue weighted by molar-refractivity contribution is 7.91. The summed E-state index contributed by atoms with van der Waals surface area (Å²) in [6.07, 6.45) is 4.14. The summed E-state index contributed by atoms with van der Waals surface area (Å²) in [6, 6.07) is 8.25. The Hall–Kier alpha value is -1.14. The number of rotatable bonds is 5. The number of nitrogens with zero attached hydrogens (tertiary/aromatic N) is 1. The van der Waals surface area contributed by atoms with Crippen LogP contribution in [0.15, 0.2) is 24.3 Å². The Balaban J connectivity index is 1.91. The predicted octanol–water partition coefficient (Wildman–Crippen LogP) is 2.84. The molecule has 1 aliphatic rings. The standard InChI is InChI=1S/C16H24N2O2S2/c1-3-4-5-13-6-8-14(9-7-13)17-16(21)18(2)15-10-11-22(19,20)12-15/h6-9,15H,3-5,10-12H2,1-2H3,(H,17,21)/t15-/m1/s1. The van der Waals surface area contributed by atoms with E-state index in [1.807, 2.05) is 24.1 Å². The van der Waals surface area contributed by atoms with Gasteiger partial charge in [-0.2, -0.15) is 0 Å². The molecule has 0 unspecified atom stereocenters. The maximum atomic E-state index is 11.6. The third-order valence-electron chi connectivity index (χ3n) is 4.10. The van der Waals surface area contributed by atoms with Gasteiger partial charge in [0.25, 0.3) is 0 Å². The lowest BCUT2D eigenvalue weighted by Crippen LogP contribution is -2.40. The molecule has 0 amide bonds. The highest BCUT2D eigenvalue weighted by Gasteiger charge is 2.31. The van der Waals surface area contributed by atoms with E-state index in [1.54, 1.807) is 0 Å². The van der Waals surface area contributed by atoms with Crippen LogP contribution in [0.25, 0.3) is 0 Å². The van der Waals surface area contributed by atoms with Crippen molar-refractivity contribution in [2.24, 2.45) is 0 Å². The van der Waals surface area contributed by atoms with E-state index >= 15 is 0 Å². The molecule has 0 radical (unpaired) electrons. The monoisotopic (exact) mass is 340 g/mol. The molecular formula is C16H24N2O2S2. The van der Waals surface area contributed by atoms with Crippen LogP contribution in [0.1, 0.15) is 31.7 Å². The average Bonchev–Trinajstić information content (AvgIpc) is 2.86. The summed E-state index contributed by atoms with van der Waals surface area (Å²) < 4.78 is 23.1. The van der Waals surface area contributed by atoms with Crippen molar-refractivity contribution < 1.29 is 8.42 Å². The van der Waals surface area contributed by atoms with Crippen molar-refractivity contribution in [1.82, 2.24) is 4.90 Å². The lowest BCUT2D eigenvalue weighted by molar-refractivity contribution is 0.402. The minimum atomic E-state index is -2.89. The van der Waals surface area contributed by atoms with E-state index < -0.39 is 9.84 Å². The Morgan fingerprint density at radius 2 is 2.05 bits per heavy atom. The second-order valence-electron chi connectivity index (χ2n) is 5.90. The van der Waals surface area contributed by atoms with Crippen LogP contribution in [0, 0.1) is 0 Å². The fourth-order valence-corrected chi connectivity index (χ4v) is 4.64. The van der Waals surface area contributed by atoms with E-state index in [0.717, 1.165) is 12.1 Å². The molecule has 0 bridgehead atoms. The Morgan fingerprint density at radius 1 is 1.36 bits per heavy atom. The maximum absolute atomic E-state index is 11.6. The predicted molar refractivity (Wildman–Crippen MR) is 96.1 cm³/mol. The molecule has 0 spiro atoms. The van der Waals surface area contributed by atoms with Gasteiger partial charge in [-0.15, -0.1) is 0 Å². The third-order valence-corrected chi connectivity index (χ3v) is 6.24. The molecule has 122 valence electrons. The molecule has 1 N–H and O–H groups in total. The van der Waals surface area contributed by atoms with E-state index in [1.165, 1.54) is 18.4 Å². The normalized spacial score (nSPS) is 19.8. The third kappa shape index (κ3) is 4.68. The Kier molecular flexibility index (Phi) is 5.81. The molecule has 4 nitrogen and oxygen atoms in total. The van der Waals surface area contributed by atoms with E-state index in [4.69, 9.17) is 12.2 Å². The number of hydrogen-bond acceptors (Lipinski definition) is 3. The molecule has 22 heavy (non-hydrogen) atoms. The maximum Gasteiger partial charge on any atom is 0.173 e. The van der Waals surface area contributed by atoms with Crippen LogP contribution in [0.5, 0.6) is 0 Å². The van der Waals surface area contributed by atoms with E-state index in [9.17, 15) is 8.42 Å². The second-order valence-corrected chi connectivity index (χ2v) is 8.51. The second kappa shape index (κ2) is 7.42. The SMILES string of the molecule is CCCCc1ccc(NC(=S)N(C)[C@@H]2CCS(=O)(=O)C2)cc1. The highest BCUT2D eigenvalue weighted by atomic mass is 32.2. The number of benzene rings is 1. The lowest BCUT2D eigenvalue weighted by atomic mass is 10.1. The van der Waals surface area contributed by atoms with Crippen LogP contribution in [-0.2, 0) is 16.3 Å². The number of nitrogens with one attached hydrogen (secondary N) is 1. The minimum absolute atomic E-state index is 0.0196. The van der Waals surface area contributed by atoms with Crippen molar-refractivity contribution in [2.45, 2.75) is 38.6 Å². The number of aryl methyl sites for hydroxylation is 1. The molecule has 0 saturated carbocycles. The first-order chi connectivity index (χ1) is 10.4. The molecule has 0 aromatic heterocycles. The lowest BCUT2D eigenvalue weighted by Gasteiger charge is -2.26. The quantitative estimate of drug-likeness (QED) is 0.835. The zero-order valence-corrected chi connectivity index (χ0v) is 14.8. The first-order valence-electron chi connectivity index (χ1n) is 7.74. The smallest absolute Gasteiger partial charge is 0.173 e. The Labute approximate surface area is 138 Å². The Morgan fingerprint density at radius 3 is 2.59 bits per heavy atom. The number of unbranched alkanes of at least 4 members (excludes halogenated alkanes) is 1. The van der Waals surface area contributed by atoms with Crippen LogP contribution < -0.4 is 5.32 Å². The highest BCUT2D eigenvalue weighted by Crippen LogP contribution is 2.18. The van der Waals surface area contributed by atoms with Crippen molar-refractivity contribution in [3.8, 4) is 0 Å². The van der Waals surface area contributed by atoms with Gasteiger partial charge in [-0.1, -0.05) is 25.5 Å². The molecule has 1 aromatic rings. The topological polar surface area (TPSA) is 49.4 Å². The first kappa shape index (κ1) is 17.2. The van der Waals surface area contributed by atoms with Gasteiger partial charge in [0.15, 0.2) is 14.9 Å². The number of thiocarbonyl (C=S) groups is 1. The molecule has 1 saturated heterocycles. The zero-order chi connectivity index (χ0) is 16.2. The van der Waals surface area contributed by atoms with Gasteiger partial charge in [0, 0.05) is 18.8 Å². The van der Waals surface area contributed by atoms with Crippen molar-refractivity contribution >= 4 is 32.9 Å². The molecule has 6 heteroatoms. The summed E-state index contributed by atoms with van der Waals surface area (Å²) in [4.78, 5) is 1.87. The molecular weight excluding hydrogens is 316 g/mol. The molecule has 1 aromatic carbocycles. The van der Waals surface area contributed by atoms with Crippen molar-refractivity contribution in [2.75, 3.05) is 23.9 Å². The Bertz CT molecular complexity index is 612. The van der Waals surface area contributed by atoms with Gasteiger partial charge in [-0.3, -0.25) is 0 Å². The van der Waals surface area contributed by atoms with Crippen LogP contribution in [0.2, 0.25) is 0 Å². The average molecular weight is 341 g/mol. The van der Waals surface area contributed by atoms with Crippen LogP contribution in [0.4, 0.5) is 5.69 Å². The molecule has 2 rings (SSSR count). The summed E-state index contributed by atoms with van der Waals surface area (Å²) >= 11 is 5.39. The summed E-state index contributed by atoms with van der Waals surface area (Å²) in [5.74, 6) is 0.456. The van der Waals surface area contributed by atoms with Gasteiger partial charge in [0.2, 0.25) is 0 Å². The summed E-state index contributed by atoms with van der Waals surface area (Å²) in [7, 11) is -1.03. The van der Waals surface area contributed by atoms with Gasteiger partial charge in [-0.05, 0) is 49.2 Å². The minimum Gasteiger partial charge on any atom is -0.348 e. The molecule has 1 atom stereocenters. The van der Waals surface area contributed by atoms with Gasteiger partial charge in [0.05, 0.1) is 11.5 Å². The molecule has 1 aliphatic heterocycles. The van der Waals surface area contributed by atoms with Crippen molar-refractivity contribution in [3.05, 3.63) is 29.8 Å². The first-order valence-corrected chi connectivity index (χ1v) is 9.97. The molecule has 0 aliphatic carbocycles. The summed E-state index contributed by atoms with van der Waals surface area (Å²) in [6.45, 7) is 2.19. The number of sulfone groups is 1. The van der Waals surface area contributed by atoms with E-state index in [-0.39, 0.29) is 17.5 Å². The van der Waals surface area contributed by atoms with Crippen molar-refractivity contribution in [1.29, 1.82) is 0 Å². The molecule has 1 fully saturated rings. The molecule has 1 heterocycles. The fourth-order valence-electron chi connectivity index (χ4n) is 2.59. The van der Waals surface area contributed by atoms with Gasteiger partial charge in [-0.25, -0.2) is 8.42 Å². The summed E-state index contributed by atoms with van der Waals surface area (Å²) in [5, 5.41) is 3.76. The summed E-state index contributed by atoms with van der Waals surface area (Å²) in [5.41, 5.74) is 2.27. The zero-order valence-electron chi connectivity index (χ0n) is 13.2. The van der Waals surface area contributed by atoms with Crippen LogP contribution in [0.3, 0.4) is 0 Å². The van der Waals surface area contributed by atoms with Crippen LogP contribution >= 0.6 is 12.2 Å². The van der Waals surface area contributed by atoms with Crippen LogP contribution in [-0.4, -0.2) is 43.0 Å². The fraction of sp³-hybridized carbons (Fsp3) is 0.562. The largest absolute Gasteiger partial charge is 0.348 e. The number of anilines is 1. The van der Waals surface area contributed by atoms with E-state index in [2.05, 4.69) is 24.4 Å². The van der Waals surface area contributed by atoms with Crippen molar-refractivity contribution in [3.63, 3.8) is 0 Å². The van der Waals surface area contributed by atoms with Gasteiger partial charge in [0.1, 0.15) is 0 Å². The van der Waals surface area contributed by atoms with E-state index in [0.29, 0.717) is 11.5 Å². The van der Waals surface area contributed by atoms with Gasteiger partial charge < -0.3 is 10.2 Å². The number of hydrogen-bond donors (Lipinski definition) is 1.